The van der Waals surface area contributed by atoms with Crippen molar-refractivity contribution in [2.24, 2.45) is 10.7 Å². The molecule has 0 bridgehead atoms. The number of morpholine rings is 1. The molecule has 0 saturated carbocycles. The van der Waals surface area contributed by atoms with Crippen LogP contribution in [0, 0.1) is 0 Å². The summed E-state index contributed by atoms with van der Waals surface area (Å²) in [5.74, 6) is 0.439. The maximum atomic E-state index is 9.97. The molecule has 1 rings (SSSR count). The fourth-order valence-corrected chi connectivity index (χ4v) is 2.52. The highest BCUT2D eigenvalue weighted by Crippen LogP contribution is 2.04. The van der Waals surface area contributed by atoms with E-state index in [0.29, 0.717) is 19.0 Å². The third kappa shape index (κ3) is 9.97. The van der Waals surface area contributed by atoms with Gasteiger partial charge in [-0.15, -0.1) is 0 Å². The molecule has 1 fully saturated rings. The zero-order valence-corrected chi connectivity index (χ0v) is 14.1. The van der Waals surface area contributed by atoms with Crippen LogP contribution in [0.4, 0.5) is 0 Å². The van der Waals surface area contributed by atoms with Crippen molar-refractivity contribution in [2.45, 2.75) is 51.6 Å². The summed E-state index contributed by atoms with van der Waals surface area (Å²) in [6.45, 7) is 7.34. The summed E-state index contributed by atoms with van der Waals surface area (Å²) in [6, 6.07) is 0. The molecule has 4 N–H and O–H groups in total. The first-order chi connectivity index (χ1) is 10.7. The van der Waals surface area contributed by atoms with E-state index in [0.717, 1.165) is 39.3 Å². The van der Waals surface area contributed by atoms with Crippen molar-refractivity contribution in [2.75, 3.05) is 45.9 Å². The van der Waals surface area contributed by atoms with Crippen molar-refractivity contribution in [1.29, 1.82) is 0 Å². The van der Waals surface area contributed by atoms with Crippen LogP contribution in [-0.4, -0.2) is 68.0 Å². The van der Waals surface area contributed by atoms with Crippen LogP contribution in [0.2, 0.25) is 0 Å². The number of nitrogens with two attached hydrogens (primary N) is 1. The molecule has 0 spiro atoms. The Labute approximate surface area is 135 Å². The lowest BCUT2D eigenvalue weighted by Crippen LogP contribution is -2.42. The molecule has 0 amide bonds. The van der Waals surface area contributed by atoms with Crippen molar-refractivity contribution < 1.29 is 9.84 Å². The number of aliphatic hydroxyl groups excluding tert-OH is 1. The summed E-state index contributed by atoms with van der Waals surface area (Å²) in [4.78, 5) is 6.41. The second kappa shape index (κ2) is 12.7. The molecule has 0 aromatic carbocycles. The summed E-state index contributed by atoms with van der Waals surface area (Å²) in [5.41, 5.74) is 5.81. The Morgan fingerprint density at radius 1 is 1.23 bits per heavy atom. The third-order valence-corrected chi connectivity index (χ3v) is 3.88. The van der Waals surface area contributed by atoms with Gasteiger partial charge in [-0.3, -0.25) is 9.89 Å². The van der Waals surface area contributed by atoms with Crippen molar-refractivity contribution in [3.05, 3.63) is 0 Å². The quantitative estimate of drug-likeness (QED) is 0.300. The average Bonchev–Trinajstić information content (AvgIpc) is 2.53. The lowest BCUT2D eigenvalue weighted by Gasteiger charge is -2.28. The molecule has 1 atom stereocenters. The van der Waals surface area contributed by atoms with E-state index in [9.17, 15) is 5.11 Å². The highest BCUT2D eigenvalue weighted by Gasteiger charge is 2.14. The Bertz CT molecular complexity index is 294. The van der Waals surface area contributed by atoms with Gasteiger partial charge in [0, 0.05) is 26.2 Å². The molecule has 1 saturated heterocycles. The van der Waals surface area contributed by atoms with E-state index in [1.807, 2.05) is 0 Å². The molecule has 6 nitrogen and oxygen atoms in total. The van der Waals surface area contributed by atoms with Gasteiger partial charge in [0.1, 0.15) is 0 Å². The summed E-state index contributed by atoms with van der Waals surface area (Å²) in [6.07, 6.45) is 7.13. The van der Waals surface area contributed by atoms with E-state index in [-0.39, 0.29) is 0 Å². The summed E-state index contributed by atoms with van der Waals surface area (Å²) in [5, 5.41) is 13.1. The largest absolute Gasteiger partial charge is 0.390 e. The highest BCUT2D eigenvalue weighted by molar-refractivity contribution is 5.77. The first-order valence-electron chi connectivity index (χ1n) is 8.74. The second-order valence-corrected chi connectivity index (χ2v) is 5.99. The minimum absolute atomic E-state index is 0.354. The lowest BCUT2D eigenvalue weighted by molar-refractivity contribution is 0.0165. The van der Waals surface area contributed by atoms with Gasteiger partial charge in [0.2, 0.25) is 0 Å². The van der Waals surface area contributed by atoms with Gasteiger partial charge in [-0.05, 0) is 6.42 Å². The van der Waals surface area contributed by atoms with Gasteiger partial charge in [-0.25, -0.2) is 0 Å². The molecular weight excluding hydrogens is 280 g/mol. The molecule has 1 unspecified atom stereocenters. The summed E-state index contributed by atoms with van der Waals surface area (Å²) < 4.78 is 5.28. The fraction of sp³-hybridized carbons (Fsp3) is 0.938. The summed E-state index contributed by atoms with van der Waals surface area (Å²) >= 11 is 0. The monoisotopic (exact) mass is 314 g/mol. The second-order valence-electron chi connectivity index (χ2n) is 5.99. The van der Waals surface area contributed by atoms with Crippen LogP contribution in [0.5, 0.6) is 0 Å². The molecule has 1 heterocycles. The average molecular weight is 314 g/mol. The molecule has 0 aliphatic carbocycles. The number of nitrogens with zero attached hydrogens (tertiary/aromatic N) is 2. The number of aliphatic imine (C=N–C) groups is 1. The number of unbranched alkanes of at least 4 members (excludes halogenated alkanes) is 5. The van der Waals surface area contributed by atoms with Crippen molar-refractivity contribution in [3.8, 4) is 0 Å². The topological polar surface area (TPSA) is 83.1 Å². The van der Waals surface area contributed by atoms with Crippen LogP contribution < -0.4 is 11.1 Å². The van der Waals surface area contributed by atoms with E-state index in [1.165, 1.54) is 32.1 Å². The minimum atomic E-state index is -0.465. The van der Waals surface area contributed by atoms with Gasteiger partial charge >= 0.3 is 0 Å². The van der Waals surface area contributed by atoms with Crippen molar-refractivity contribution in [3.63, 3.8) is 0 Å². The number of hydrogen-bond acceptors (Lipinski definition) is 4. The van der Waals surface area contributed by atoms with E-state index < -0.39 is 6.10 Å². The molecule has 1 aliphatic rings. The van der Waals surface area contributed by atoms with E-state index in [4.69, 9.17) is 10.5 Å². The van der Waals surface area contributed by atoms with Gasteiger partial charge in [-0.2, -0.15) is 0 Å². The molecule has 130 valence electrons. The number of β-amino-alcohol motifs (C(OH)–C–C–N with tert-alkyl or cyclic N) is 1. The fourth-order valence-electron chi connectivity index (χ4n) is 2.52. The molecule has 22 heavy (non-hydrogen) atoms. The van der Waals surface area contributed by atoms with Crippen LogP contribution in [0.15, 0.2) is 4.99 Å². The Morgan fingerprint density at radius 3 is 2.64 bits per heavy atom. The SMILES string of the molecule is CCCCCCCCNC(N)=NCC(O)CN1CCOCC1. The van der Waals surface area contributed by atoms with Crippen molar-refractivity contribution >= 4 is 5.96 Å². The smallest absolute Gasteiger partial charge is 0.188 e. The van der Waals surface area contributed by atoms with E-state index >= 15 is 0 Å². The number of aliphatic hydroxyl groups is 1. The van der Waals surface area contributed by atoms with E-state index in [2.05, 4.69) is 22.1 Å². The number of ether oxygens (including phenoxy) is 1. The van der Waals surface area contributed by atoms with Crippen LogP contribution in [0.1, 0.15) is 45.4 Å². The molecule has 6 heteroatoms. The Kier molecular flexibility index (Phi) is 11.1. The maximum Gasteiger partial charge on any atom is 0.188 e. The maximum absolute atomic E-state index is 9.97. The molecule has 0 aromatic heterocycles. The van der Waals surface area contributed by atoms with E-state index in [1.54, 1.807) is 0 Å². The Morgan fingerprint density at radius 2 is 1.91 bits per heavy atom. The van der Waals surface area contributed by atoms with Gasteiger partial charge in [0.25, 0.3) is 0 Å². The molecular formula is C16H34N4O2. The predicted octanol–water partition coefficient (Wildman–Crippen LogP) is 0.944. The van der Waals surface area contributed by atoms with Gasteiger partial charge in [0.05, 0.1) is 25.9 Å². The van der Waals surface area contributed by atoms with Gasteiger partial charge in [-0.1, -0.05) is 39.0 Å². The molecule has 0 aromatic rings. The minimum Gasteiger partial charge on any atom is -0.390 e. The van der Waals surface area contributed by atoms with Crippen LogP contribution in [-0.2, 0) is 4.74 Å². The van der Waals surface area contributed by atoms with Crippen molar-refractivity contribution in [1.82, 2.24) is 10.2 Å². The highest BCUT2D eigenvalue weighted by atomic mass is 16.5. The first-order valence-corrected chi connectivity index (χ1v) is 8.74. The molecule has 0 radical (unpaired) electrons. The number of guanidine groups is 1. The Hall–Kier alpha value is -0.850. The number of rotatable bonds is 11. The normalized spacial score (nSPS) is 18.4. The number of hydrogen-bond donors (Lipinski definition) is 3. The Balaban J connectivity index is 2.01. The first kappa shape index (κ1) is 19.2. The predicted molar refractivity (Wildman–Crippen MR) is 91.1 cm³/mol. The summed E-state index contributed by atoms with van der Waals surface area (Å²) in [7, 11) is 0. The van der Waals surface area contributed by atoms with Crippen LogP contribution in [0.25, 0.3) is 0 Å². The third-order valence-electron chi connectivity index (χ3n) is 3.88. The molecule has 1 aliphatic heterocycles. The number of nitrogens with one attached hydrogen (secondary N) is 1. The van der Waals surface area contributed by atoms with Crippen LogP contribution in [0.3, 0.4) is 0 Å². The van der Waals surface area contributed by atoms with Crippen LogP contribution >= 0.6 is 0 Å². The standard InChI is InChI=1S/C16H34N4O2/c1-2-3-4-5-6-7-8-18-16(17)19-13-15(21)14-20-9-11-22-12-10-20/h15,21H,2-14H2,1H3,(H3,17,18,19). The van der Waals surface area contributed by atoms with Gasteiger partial charge < -0.3 is 20.9 Å². The lowest BCUT2D eigenvalue weighted by atomic mass is 10.1. The zero-order valence-electron chi connectivity index (χ0n) is 14.1. The van der Waals surface area contributed by atoms with Gasteiger partial charge in [0.15, 0.2) is 5.96 Å². The zero-order chi connectivity index (χ0) is 16.0.